The molecule has 0 bridgehead atoms. The Balaban J connectivity index is 1.39. The molecule has 1 saturated heterocycles. The van der Waals surface area contributed by atoms with Crippen LogP contribution in [0.4, 0.5) is 5.82 Å². The van der Waals surface area contributed by atoms with E-state index in [1.54, 1.807) is 0 Å². The molecular formula is C30H29N5O2. The number of rotatable bonds is 6. The SMILES string of the molecule is CC1(C)OCC(c2cncc(-c3nc(NCc4ccccc4)c4c(-c5ccccc5)ccn4n3)c2)CO1. The molecule has 0 spiro atoms. The molecule has 1 aliphatic rings. The number of aromatic nitrogens is 4. The Morgan fingerprint density at radius 3 is 2.41 bits per heavy atom. The van der Waals surface area contributed by atoms with E-state index in [1.165, 1.54) is 5.56 Å². The Hall–Kier alpha value is -4.07. The van der Waals surface area contributed by atoms with Crippen molar-refractivity contribution in [3.8, 4) is 22.5 Å². The average Bonchev–Trinajstić information content (AvgIpc) is 3.37. The highest BCUT2D eigenvalue weighted by molar-refractivity contribution is 5.89. The van der Waals surface area contributed by atoms with Crippen LogP contribution in [0.3, 0.4) is 0 Å². The van der Waals surface area contributed by atoms with Crippen LogP contribution < -0.4 is 5.32 Å². The Kier molecular flexibility index (Phi) is 6.16. The fourth-order valence-corrected chi connectivity index (χ4v) is 4.59. The molecule has 7 nitrogen and oxygen atoms in total. The number of nitrogens with one attached hydrogen (secondary N) is 1. The first-order valence-corrected chi connectivity index (χ1v) is 12.5. The van der Waals surface area contributed by atoms with Crippen molar-refractivity contribution in [2.24, 2.45) is 0 Å². The maximum absolute atomic E-state index is 5.88. The Morgan fingerprint density at radius 1 is 0.919 bits per heavy atom. The predicted molar refractivity (Wildman–Crippen MR) is 144 cm³/mol. The van der Waals surface area contributed by atoms with Crippen molar-refractivity contribution in [1.82, 2.24) is 19.6 Å². The van der Waals surface area contributed by atoms with Crippen molar-refractivity contribution in [2.75, 3.05) is 18.5 Å². The summed E-state index contributed by atoms with van der Waals surface area (Å²) in [5.41, 5.74) is 6.21. The third-order valence-corrected chi connectivity index (χ3v) is 6.65. The van der Waals surface area contributed by atoms with Gasteiger partial charge in [-0.1, -0.05) is 60.7 Å². The monoisotopic (exact) mass is 491 g/mol. The second-order valence-corrected chi connectivity index (χ2v) is 9.74. The summed E-state index contributed by atoms with van der Waals surface area (Å²) in [6, 6.07) is 24.8. The lowest BCUT2D eigenvalue weighted by Gasteiger charge is -2.35. The van der Waals surface area contributed by atoms with Gasteiger partial charge in [-0.3, -0.25) is 4.98 Å². The smallest absolute Gasteiger partial charge is 0.183 e. The summed E-state index contributed by atoms with van der Waals surface area (Å²) >= 11 is 0. The van der Waals surface area contributed by atoms with Gasteiger partial charge in [0.25, 0.3) is 0 Å². The zero-order chi connectivity index (χ0) is 25.2. The van der Waals surface area contributed by atoms with Crippen LogP contribution in [0.2, 0.25) is 0 Å². The molecule has 4 heterocycles. The van der Waals surface area contributed by atoms with E-state index in [-0.39, 0.29) is 5.92 Å². The maximum Gasteiger partial charge on any atom is 0.183 e. The van der Waals surface area contributed by atoms with E-state index in [1.807, 2.05) is 73.4 Å². The number of fused-ring (bicyclic) bond motifs is 1. The Morgan fingerprint density at radius 2 is 1.65 bits per heavy atom. The molecule has 0 atom stereocenters. The second-order valence-electron chi connectivity index (χ2n) is 9.74. The molecule has 1 N–H and O–H groups in total. The molecule has 7 heteroatoms. The number of benzene rings is 2. The van der Waals surface area contributed by atoms with Gasteiger partial charge in [0.1, 0.15) is 5.52 Å². The lowest BCUT2D eigenvalue weighted by Crippen LogP contribution is -2.38. The van der Waals surface area contributed by atoms with Gasteiger partial charge in [0.15, 0.2) is 17.4 Å². The first-order valence-electron chi connectivity index (χ1n) is 12.5. The zero-order valence-electron chi connectivity index (χ0n) is 21.0. The van der Waals surface area contributed by atoms with Gasteiger partial charge in [-0.25, -0.2) is 9.50 Å². The summed E-state index contributed by atoms with van der Waals surface area (Å²) in [5.74, 6) is 0.927. The van der Waals surface area contributed by atoms with Gasteiger partial charge in [-0.05, 0) is 42.7 Å². The fourth-order valence-electron chi connectivity index (χ4n) is 4.59. The van der Waals surface area contributed by atoms with Gasteiger partial charge in [0.2, 0.25) is 0 Å². The molecule has 0 saturated carbocycles. The first kappa shape index (κ1) is 23.3. The molecule has 2 aromatic carbocycles. The van der Waals surface area contributed by atoms with Crippen molar-refractivity contribution in [3.05, 3.63) is 103 Å². The summed E-state index contributed by atoms with van der Waals surface area (Å²) in [6.07, 6.45) is 5.66. The minimum atomic E-state index is -0.556. The lowest BCUT2D eigenvalue weighted by molar-refractivity contribution is -0.251. The summed E-state index contributed by atoms with van der Waals surface area (Å²) in [5, 5.41) is 8.44. The first-order chi connectivity index (χ1) is 18.1. The number of nitrogens with zero attached hydrogens (tertiary/aromatic N) is 4. The number of anilines is 1. The van der Waals surface area contributed by atoms with Gasteiger partial charge in [0, 0.05) is 42.2 Å². The molecule has 186 valence electrons. The lowest BCUT2D eigenvalue weighted by atomic mass is 10.00. The summed E-state index contributed by atoms with van der Waals surface area (Å²) < 4.78 is 13.7. The minimum absolute atomic E-state index is 0.108. The average molecular weight is 492 g/mol. The van der Waals surface area contributed by atoms with Crippen LogP contribution in [-0.2, 0) is 16.0 Å². The van der Waals surface area contributed by atoms with Crippen molar-refractivity contribution in [1.29, 1.82) is 0 Å². The molecular weight excluding hydrogens is 462 g/mol. The van der Waals surface area contributed by atoms with Gasteiger partial charge in [-0.15, -0.1) is 5.10 Å². The van der Waals surface area contributed by atoms with Crippen LogP contribution in [0, 0.1) is 0 Å². The molecule has 0 aliphatic carbocycles. The number of hydrogen-bond acceptors (Lipinski definition) is 6. The second kappa shape index (κ2) is 9.76. The van der Waals surface area contributed by atoms with Crippen molar-refractivity contribution in [3.63, 3.8) is 0 Å². The molecule has 0 unspecified atom stereocenters. The fraction of sp³-hybridized carbons (Fsp3) is 0.233. The highest BCUT2D eigenvalue weighted by atomic mass is 16.7. The van der Waals surface area contributed by atoms with E-state index in [2.05, 4.69) is 46.7 Å². The van der Waals surface area contributed by atoms with Gasteiger partial charge < -0.3 is 14.8 Å². The molecule has 5 aromatic rings. The normalized spacial score (nSPS) is 15.6. The standard InChI is InChI=1S/C30H29N5O2/c1-30(2)36-19-25(20-37-30)23-15-24(18-31-17-23)28-33-29(32-16-21-9-5-3-6-10-21)27-26(13-14-35(27)34-28)22-11-7-4-8-12-22/h3-15,17-18,25H,16,19-20H2,1-2H3,(H,32,33,34). The van der Waals surface area contributed by atoms with Crippen LogP contribution in [0.15, 0.2) is 91.4 Å². The van der Waals surface area contributed by atoms with Crippen molar-refractivity contribution in [2.45, 2.75) is 32.1 Å². The van der Waals surface area contributed by atoms with Crippen LogP contribution in [0.25, 0.3) is 28.0 Å². The molecule has 1 aliphatic heterocycles. The number of pyridine rings is 1. The predicted octanol–water partition coefficient (Wildman–Crippen LogP) is 5.94. The quantitative estimate of drug-likeness (QED) is 0.317. The molecule has 0 radical (unpaired) electrons. The maximum atomic E-state index is 5.88. The van der Waals surface area contributed by atoms with E-state index >= 15 is 0 Å². The third-order valence-electron chi connectivity index (χ3n) is 6.65. The van der Waals surface area contributed by atoms with Gasteiger partial charge >= 0.3 is 0 Å². The number of ether oxygens (including phenoxy) is 2. The molecule has 1 fully saturated rings. The molecule has 3 aromatic heterocycles. The minimum Gasteiger partial charge on any atom is -0.364 e. The largest absolute Gasteiger partial charge is 0.364 e. The summed E-state index contributed by atoms with van der Waals surface area (Å²) in [4.78, 5) is 9.52. The highest BCUT2D eigenvalue weighted by Gasteiger charge is 2.29. The Bertz CT molecular complexity index is 1510. The summed E-state index contributed by atoms with van der Waals surface area (Å²) in [7, 11) is 0. The van der Waals surface area contributed by atoms with Crippen LogP contribution >= 0.6 is 0 Å². The molecule has 37 heavy (non-hydrogen) atoms. The molecule has 0 amide bonds. The van der Waals surface area contributed by atoms with E-state index in [0.29, 0.717) is 25.6 Å². The van der Waals surface area contributed by atoms with Gasteiger partial charge in [-0.2, -0.15) is 0 Å². The van der Waals surface area contributed by atoms with Crippen LogP contribution in [0.1, 0.15) is 30.9 Å². The summed E-state index contributed by atoms with van der Waals surface area (Å²) in [6.45, 7) is 5.69. The van der Waals surface area contributed by atoms with Gasteiger partial charge in [0.05, 0.1) is 13.2 Å². The van der Waals surface area contributed by atoms with E-state index in [9.17, 15) is 0 Å². The van der Waals surface area contributed by atoms with E-state index in [0.717, 1.165) is 33.6 Å². The zero-order valence-corrected chi connectivity index (χ0v) is 21.0. The highest BCUT2D eigenvalue weighted by Crippen LogP contribution is 2.32. The van der Waals surface area contributed by atoms with Crippen molar-refractivity contribution < 1.29 is 9.47 Å². The van der Waals surface area contributed by atoms with Crippen LogP contribution in [0.5, 0.6) is 0 Å². The molecule has 6 rings (SSSR count). The van der Waals surface area contributed by atoms with Crippen molar-refractivity contribution >= 4 is 11.3 Å². The topological polar surface area (TPSA) is 73.6 Å². The number of hydrogen-bond donors (Lipinski definition) is 1. The Labute approximate surface area is 216 Å². The van der Waals surface area contributed by atoms with Crippen LogP contribution in [-0.4, -0.2) is 38.6 Å². The van der Waals surface area contributed by atoms with E-state index in [4.69, 9.17) is 19.6 Å². The third kappa shape index (κ3) is 4.96. The van der Waals surface area contributed by atoms with E-state index < -0.39 is 5.79 Å².